The van der Waals surface area contributed by atoms with Crippen LogP contribution in [0.3, 0.4) is 0 Å². The largest absolute Gasteiger partial charge is 0.0851 e. The van der Waals surface area contributed by atoms with Crippen LogP contribution < -0.4 is 0 Å². The SMILES string of the molecule is CC.CCC.Cc1ccc(C2CCC(/C=C/C3CCC(C)CC3)CC2)cc1. The van der Waals surface area contributed by atoms with Crippen molar-refractivity contribution in [2.75, 3.05) is 0 Å². The zero-order chi connectivity index (χ0) is 20.1. The minimum absolute atomic E-state index is 0.806. The Morgan fingerprint density at radius 3 is 1.59 bits per heavy atom. The van der Waals surface area contributed by atoms with E-state index in [0.29, 0.717) is 0 Å². The standard InChI is InChI=1S/C22H32.C3H8.C2H6/c1-17-3-7-19(8-4-17)9-10-20-11-15-22(16-12-20)21-13-5-18(2)6-14-21;1-3-2;1-2/h5-6,9-10,13-14,17,19-20,22H,3-4,7-8,11-12,15-16H2,1-2H3;3H2,1-2H3;1-2H3/b10-9+;;. The molecule has 0 N–H and O–H groups in total. The first-order valence-corrected chi connectivity index (χ1v) is 11.9. The molecule has 1 aromatic carbocycles. The third-order valence-electron chi connectivity index (χ3n) is 6.04. The van der Waals surface area contributed by atoms with E-state index in [2.05, 4.69) is 64.1 Å². The molecule has 0 heterocycles. The van der Waals surface area contributed by atoms with Crippen molar-refractivity contribution < 1.29 is 0 Å². The van der Waals surface area contributed by atoms with Crippen molar-refractivity contribution in [2.45, 2.75) is 105 Å². The fraction of sp³-hybridized carbons (Fsp3) is 0.704. The van der Waals surface area contributed by atoms with Crippen molar-refractivity contribution in [3.8, 4) is 0 Å². The van der Waals surface area contributed by atoms with Crippen LogP contribution in [0.15, 0.2) is 36.4 Å². The van der Waals surface area contributed by atoms with Gasteiger partial charge in [-0.15, -0.1) is 0 Å². The first-order valence-electron chi connectivity index (χ1n) is 11.9. The number of benzene rings is 1. The van der Waals surface area contributed by atoms with Gasteiger partial charge in [-0.3, -0.25) is 0 Å². The number of hydrogen-bond acceptors (Lipinski definition) is 0. The van der Waals surface area contributed by atoms with Gasteiger partial charge in [-0.1, -0.05) is 95.9 Å². The molecule has 2 aliphatic carbocycles. The highest BCUT2D eigenvalue weighted by molar-refractivity contribution is 5.25. The van der Waals surface area contributed by atoms with Gasteiger partial charge in [-0.2, -0.15) is 0 Å². The van der Waals surface area contributed by atoms with Crippen LogP contribution in [0.2, 0.25) is 0 Å². The van der Waals surface area contributed by atoms with E-state index in [1.165, 1.54) is 63.4 Å². The second kappa shape index (κ2) is 14.0. The molecule has 0 aromatic heterocycles. The van der Waals surface area contributed by atoms with E-state index >= 15 is 0 Å². The lowest BCUT2D eigenvalue weighted by Gasteiger charge is -2.28. The number of aryl methyl sites for hydroxylation is 1. The van der Waals surface area contributed by atoms with Gasteiger partial charge in [0.05, 0.1) is 0 Å². The molecule has 0 spiro atoms. The van der Waals surface area contributed by atoms with Crippen molar-refractivity contribution in [1.29, 1.82) is 0 Å². The second-order valence-corrected chi connectivity index (χ2v) is 8.63. The van der Waals surface area contributed by atoms with Crippen LogP contribution in [0.4, 0.5) is 0 Å². The molecule has 0 aliphatic heterocycles. The molecule has 0 nitrogen and oxygen atoms in total. The molecule has 27 heavy (non-hydrogen) atoms. The van der Waals surface area contributed by atoms with Crippen LogP contribution in [0.5, 0.6) is 0 Å². The molecule has 1 aromatic rings. The lowest BCUT2D eigenvalue weighted by molar-refractivity contribution is 0.327. The van der Waals surface area contributed by atoms with Crippen molar-refractivity contribution in [3.05, 3.63) is 47.5 Å². The average molecular weight is 371 g/mol. The van der Waals surface area contributed by atoms with Crippen LogP contribution in [0, 0.1) is 24.7 Å². The number of hydrogen-bond donors (Lipinski definition) is 0. The summed E-state index contributed by atoms with van der Waals surface area (Å²) in [7, 11) is 0. The highest BCUT2D eigenvalue weighted by Crippen LogP contribution is 2.37. The molecule has 0 heteroatoms. The van der Waals surface area contributed by atoms with Gasteiger partial charge < -0.3 is 0 Å². The third kappa shape index (κ3) is 9.13. The fourth-order valence-corrected chi connectivity index (χ4v) is 4.28. The van der Waals surface area contributed by atoms with E-state index in [-0.39, 0.29) is 0 Å². The van der Waals surface area contributed by atoms with Crippen LogP contribution in [0.25, 0.3) is 0 Å². The molecule has 2 aliphatic rings. The Hall–Kier alpha value is -1.04. The summed E-state index contributed by atoms with van der Waals surface area (Å²) >= 11 is 0. The molecule has 0 atom stereocenters. The second-order valence-electron chi connectivity index (χ2n) is 8.63. The van der Waals surface area contributed by atoms with E-state index in [1.807, 2.05) is 13.8 Å². The topological polar surface area (TPSA) is 0 Å². The average Bonchev–Trinajstić information content (AvgIpc) is 2.71. The maximum atomic E-state index is 2.58. The molecule has 0 unspecified atom stereocenters. The predicted molar refractivity (Wildman–Crippen MR) is 123 cm³/mol. The fourth-order valence-electron chi connectivity index (χ4n) is 4.28. The van der Waals surface area contributed by atoms with Crippen molar-refractivity contribution in [3.63, 3.8) is 0 Å². The maximum absolute atomic E-state index is 2.58. The van der Waals surface area contributed by atoms with E-state index in [1.54, 1.807) is 5.56 Å². The van der Waals surface area contributed by atoms with E-state index in [4.69, 9.17) is 0 Å². The highest BCUT2D eigenvalue weighted by Gasteiger charge is 2.21. The van der Waals surface area contributed by atoms with Crippen LogP contribution in [-0.2, 0) is 0 Å². The Kier molecular flexibility index (Phi) is 12.5. The van der Waals surface area contributed by atoms with Crippen LogP contribution in [0.1, 0.15) is 109 Å². The third-order valence-corrected chi connectivity index (χ3v) is 6.04. The van der Waals surface area contributed by atoms with Crippen molar-refractivity contribution >= 4 is 0 Å². The van der Waals surface area contributed by atoms with E-state index in [0.717, 1.165) is 23.7 Å². The predicted octanol–water partition coefficient (Wildman–Crippen LogP) is 9.09. The summed E-state index contributed by atoms with van der Waals surface area (Å²) < 4.78 is 0. The smallest absolute Gasteiger partial charge is 0.0162 e. The minimum Gasteiger partial charge on any atom is -0.0851 e. The molecule has 2 saturated carbocycles. The normalized spacial score (nSPS) is 27.9. The van der Waals surface area contributed by atoms with Gasteiger partial charge in [0.2, 0.25) is 0 Å². The van der Waals surface area contributed by atoms with Gasteiger partial charge in [-0.05, 0) is 74.7 Å². The Labute approximate surface area is 170 Å². The lowest BCUT2D eigenvalue weighted by atomic mass is 9.77. The summed E-state index contributed by atoms with van der Waals surface area (Å²) in [5.74, 6) is 3.50. The summed E-state index contributed by atoms with van der Waals surface area (Å²) in [5, 5.41) is 0. The van der Waals surface area contributed by atoms with Crippen molar-refractivity contribution in [2.24, 2.45) is 17.8 Å². The van der Waals surface area contributed by atoms with Gasteiger partial charge >= 0.3 is 0 Å². The monoisotopic (exact) mass is 370 g/mol. The summed E-state index contributed by atoms with van der Waals surface area (Å²) in [5.41, 5.74) is 2.94. The van der Waals surface area contributed by atoms with Crippen LogP contribution in [-0.4, -0.2) is 0 Å². The van der Waals surface area contributed by atoms with Gasteiger partial charge in [0.1, 0.15) is 0 Å². The zero-order valence-corrected chi connectivity index (χ0v) is 19.1. The van der Waals surface area contributed by atoms with E-state index in [9.17, 15) is 0 Å². The molecule has 154 valence electrons. The summed E-state index contributed by atoms with van der Waals surface area (Å²) in [6.45, 7) is 12.8. The lowest BCUT2D eigenvalue weighted by Crippen LogP contribution is -2.13. The zero-order valence-electron chi connectivity index (χ0n) is 19.1. The molecule has 0 saturated heterocycles. The first-order chi connectivity index (χ1) is 13.1. The Bertz CT molecular complexity index is 479. The molecular weight excluding hydrogens is 324 g/mol. The molecule has 0 amide bonds. The molecule has 0 radical (unpaired) electrons. The molecule has 2 fully saturated rings. The van der Waals surface area contributed by atoms with E-state index < -0.39 is 0 Å². The Balaban J connectivity index is 0.000000665. The number of rotatable bonds is 3. The Morgan fingerprint density at radius 2 is 1.15 bits per heavy atom. The molecule has 3 rings (SSSR count). The van der Waals surface area contributed by atoms with Gasteiger partial charge in [0.15, 0.2) is 0 Å². The highest BCUT2D eigenvalue weighted by atomic mass is 14.3. The van der Waals surface area contributed by atoms with Gasteiger partial charge in [0.25, 0.3) is 0 Å². The summed E-state index contributed by atoms with van der Waals surface area (Å²) in [6, 6.07) is 9.23. The summed E-state index contributed by atoms with van der Waals surface area (Å²) in [6.07, 6.45) is 17.7. The molecular formula is C27H46. The number of allylic oxidation sites excluding steroid dienone is 2. The summed E-state index contributed by atoms with van der Waals surface area (Å²) in [4.78, 5) is 0. The van der Waals surface area contributed by atoms with Crippen LogP contribution >= 0.6 is 0 Å². The minimum atomic E-state index is 0.806. The quantitative estimate of drug-likeness (QED) is 0.465. The molecule has 0 bridgehead atoms. The maximum Gasteiger partial charge on any atom is -0.0162 e. The van der Waals surface area contributed by atoms with Crippen molar-refractivity contribution in [1.82, 2.24) is 0 Å². The van der Waals surface area contributed by atoms with Gasteiger partial charge in [0, 0.05) is 0 Å². The first kappa shape index (κ1) is 24.0. The Morgan fingerprint density at radius 1 is 0.741 bits per heavy atom. The van der Waals surface area contributed by atoms with Gasteiger partial charge in [-0.25, -0.2) is 0 Å².